The zero-order chi connectivity index (χ0) is 29.1. The Morgan fingerprint density at radius 2 is 1.88 bits per heavy atom. The average Bonchev–Trinajstić information content (AvgIpc) is 3.70. The van der Waals surface area contributed by atoms with Crippen LogP contribution in [0.4, 0.5) is 18.9 Å². The fourth-order valence-corrected chi connectivity index (χ4v) is 5.29. The highest BCUT2D eigenvalue weighted by Crippen LogP contribution is 2.34. The SMILES string of the molecule is CC(NC(=O)c1ncnc2c1cnn2C)c1ncc(C(=O)Nc2cc(OCCN3CCCC3)cc(C(F)(F)F)c2)s1. The summed E-state index contributed by atoms with van der Waals surface area (Å²) >= 11 is 1.01. The molecule has 4 heterocycles. The maximum absolute atomic E-state index is 13.6. The number of nitrogens with one attached hydrogen (secondary N) is 2. The lowest BCUT2D eigenvalue weighted by molar-refractivity contribution is -0.137. The van der Waals surface area contributed by atoms with Gasteiger partial charge in [-0.05, 0) is 45.0 Å². The van der Waals surface area contributed by atoms with Crippen molar-refractivity contribution in [2.24, 2.45) is 7.05 Å². The molecule has 1 saturated heterocycles. The summed E-state index contributed by atoms with van der Waals surface area (Å²) in [6, 6.07) is 2.56. The lowest BCUT2D eigenvalue weighted by Gasteiger charge is -2.17. The highest BCUT2D eigenvalue weighted by Gasteiger charge is 2.32. The third kappa shape index (κ3) is 6.62. The number of alkyl halides is 3. The largest absolute Gasteiger partial charge is 0.492 e. The second-order valence-corrected chi connectivity index (χ2v) is 10.6. The van der Waals surface area contributed by atoms with Crippen molar-refractivity contribution in [3.05, 3.63) is 58.1 Å². The van der Waals surface area contributed by atoms with Crippen LogP contribution in [0, 0.1) is 0 Å². The normalized spacial score (nSPS) is 14.8. The van der Waals surface area contributed by atoms with E-state index < -0.39 is 29.6 Å². The molecular weight excluding hydrogens is 561 g/mol. The highest BCUT2D eigenvalue weighted by atomic mass is 32.1. The van der Waals surface area contributed by atoms with E-state index in [-0.39, 0.29) is 28.6 Å². The molecule has 1 unspecified atom stereocenters. The van der Waals surface area contributed by atoms with Gasteiger partial charge in [0.25, 0.3) is 11.8 Å². The number of carbonyl (C=O) groups is 2. The van der Waals surface area contributed by atoms with E-state index in [1.54, 1.807) is 14.0 Å². The van der Waals surface area contributed by atoms with E-state index in [9.17, 15) is 22.8 Å². The minimum absolute atomic E-state index is 0.0168. The average molecular weight is 589 g/mol. The maximum atomic E-state index is 13.6. The number of nitrogens with zero attached hydrogens (tertiary/aromatic N) is 6. The van der Waals surface area contributed by atoms with E-state index in [0.29, 0.717) is 22.6 Å². The first-order chi connectivity index (χ1) is 19.6. The van der Waals surface area contributed by atoms with Crippen LogP contribution in [0.25, 0.3) is 11.0 Å². The minimum Gasteiger partial charge on any atom is -0.492 e. The van der Waals surface area contributed by atoms with E-state index in [1.807, 2.05) is 0 Å². The van der Waals surface area contributed by atoms with Crippen LogP contribution in [0.15, 0.2) is 36.9 Å². The smallest absolute Gasteiger partial charge is 0.416 e. The number of fused-ring (bicyclic) bond motifs is 1. The number of likely N-dealkylation sites (tertiary alicyclic amines) is 1. The number of amides is 2. The first-order valence-corrected chi connectivity index (χ1v) is 13.7. The summed E-state index contributed by atoms with van der Waals surface area (Å²) in [4.78, 5) is 40.6. The standard InChI is InChI=1S/C26H27F3N8O3S/c1-15(34-24(39)21-19-12-33-36(2)22(19)32-14-31-21)25-30-13-20(41-25)23(38)35-17-9-16(26(27,28)29)10-18(11-17)40-8-7-37-5-3-4-6-37/h9-15H,3-8H2,1-2H3,(H,34,39)(H,35,38). The Hall–Kier alpha value is -4.11. The van der Waals surface area contributed by atoms with Crippen LogP contribution in [-0.2, 0) is 13.2 Å². The van der Waals surface area contributed by atoms with Gasteiger partial charge in [-0.15, -0.1) is 11.3 Å². The van der Waals surface area contributed by atoms with Gasteiger partial charge >= 0.3 is 6.18 Å². The predicted octanol–water partition coefficient (Wildman–Crippen LogP) is 4.06. The Morgan fingerprint density at radius 1 is 1.10 bits per heavy atom. The molecule has 1 aliphatic rings. The highest BCUT2D eigenvalue weighted by molar-refractivity contribution is 7.13. The number of thiazole rings is 1. The number of carbonyl (C=O) groups excluding carboxylic acids is 2. The molecule has 216 valence electrons. The fraction of sp³-hybridized carbons (Fsp3) is 0.385. The predicted molar refractivity (Wildman–Crippen MR) is 145 cm³/mol. The van der Waals surface area contributed by atoms with Gasteiger partial charge in [0.2, 0.25) is 0 Å². The molecule has 2 amide bonds. The van der Waals surface area contributed by atoms with Crippen molar-refractivity contribution in [1.29, 1.82) is 0 Å². The summed E-state index contributed by atoms with van der Waals surface area (Å²) in [5.41, 5.74) is -0.338. The number of hydrogen-bond acceptors (Lipinski definition) is 9. The molecular formula is C26H27F3N8O3S. The first-order valence-electron chi connectivity index (χ1n) is 12.9. The lowest BCUT2D eigenvalue weighted by Crippen LogP contribution is -2.27. The molecule has 0 saturated carbocycles. The van der Waals surface area contributed by atoms with Crippen molar-refractivity contribution in [3.63, 3.8) is 0 Å². The summed E-state index contributed by atoms with van der Waals surface area (Å²) in [7, 11) is 1.70. The molecule has 41 heavy (non-hydrogen) atoms. The van der Waals surface area contributed by atoms with Crippen molar-refractivity contribution in [1.82, 2.24) is 34.9 Å². The molecule has 0 bridgehead atoms. The van der Waals surface area contributed by atoms with E-state index in [1.165, 1.54) is 29.5 Å². The van der Waals surface area contributed by atoms with Gasteiger partial charge in [0.15, 0.2) is 5.65 Å². The first kappa shape index (κ1) is 28.4. The van der Waals surface area contributed by atoms with Gasteiger partial charge in [-0.3, -0.25) is 19.2 Å². The molecule has 1 fully saturated rings. The minimum atomic E-state index is -4.62. The van der Waals surface area contributed by atoms with Crippen LogP contribution in [0.1, 0.15) is 56.5 Å². The van der Waals surface area contributed by atoms with Crippen LogP contribution in [0.3, 0.4) is 0 Å². The number of rotatable bonds is 9. The monoisotopic (exact) mass is 588 g/mol. The van der Waals surface area contributed by atoms with Crippen LogP contribution in [0.2, 0.25) is 0 Å². The van der Waals surface area contributed by atoms with Gasteiger partial charge in [-0.2, -0.15) is 18.3 Å². The molecule has 15 heteroatoms. The topological polar surface area (TPSA) is 127 Å². The van der Waals surface area contributed by atoms with Crippen molar-refractivity contribution >= 4 is 39.9 Å². The second-order valence-electron chi connectivity index (χ2n) is 9.58. The zero-order valence-corrected chi connectivity index (χ0v) is 23.1. The van der Waals surface area contributed by atoms with Gasteiger partial charge in [-0.1, -0.05) is 0 Å². The number of aromatic nitrogens is 5. The van der Waals surface area contributed by atoms with Gasteiger partial charge in [0.1, 0.15) is 34.3 Å². The number of ether oxygens (including phenoxy) is 1. The lowest BCUT2D eigenvalue weighted by atomic mass is 10.1. The van der Waals surface area contributed by atoms with Crippen LogP contribution < -0.4 is 15.4 Å². The summed E-state index contributed by atoms with van der Waals surface area (Å²) in [5, 5.41) is 10.3. The molecule has 0 aliphatic carbocycles. The van der Waals surface area contributed by atoms with Crippen molar-refractivity contribution in [2.75, 3.05) is 31.6 Å². The third-order valence-electron chi connectivity index (χ3n) is 6.58. The molecule has 11 nitrogen and oxygen atoms in total. The summed E-state index contributed by atoms with van der Waals surface area (Å²) in [6.45, 7) is 4.43. The Balaban J connectivity index is 1.25. The number of aryl methyl sites for hydroxylation is 1. The molecule has 1 aliphatic heterocycles. The van der Waals surface area contributed by atoms with Gasteiger partial charge in [0, 0.05) is 25.3 Å². The van der Waals surface area contributed by atoms with Crippen LogP contribution in [-0.4, -0.2) is 67.7 Å². The summed E-state index contributed by atoms with van der Waals surface area (Å²) in [5.74, 6) is -1.09. The number of halogens is 3. The van der Waals surface area contributed by atoms with Crippen molar-refractivity contribution in [3.8, 4) is 5.75 Å². The molecule has 3 aromatic heterocycles. The van der Waals surface area contributed by atoms with Crippen molar-refractivity contribution in [2.45, 2.75) is 32.0 Å². The Morgan fingerprint density at radius 3 is 2.63 bits per heavy atom. The van der Waals surface area contributed by atoms with Gasteiger partial charge in [-0.25, -0.2) is 15.0 Å². The number of hydrogen-bond donors (Lipinski definition) is 2. The van der Waals surface area contributed by atoms with Gasteiger partial charge < -0.3 is 15.4 Å². The van der Waals surface area contributed by atoms with E-state index in [4.69, 9.17) is 4.74 Å². The Bertz CT molecular complexity index is 1570. The quantitative estimate of drug-likeness (QED) is 0.300. The number of anilines is 1. The Labute approximate surface area is 236 Å². The number of benzene rings is 1. The molecule has 1 atom stereocenters. The van der Waals surface area contributed by atoms with E-state index >= 15 is 0 Å². The molecule has 2 N–H and O–H groups in total. The maximum Gasteiger partial charge on any atom is 0.416 e. The van der Waals surface area contributed by atoms with E-state index in [0.717, 1.165) is 49.4 Å². The van der Waals surface area contributed by atoms with Crippen LogP contribution in [0.5, 0.6) is 5.75 Å². The van der Waals surface area contributed by atoms with Gasteiger partial charge in [0.05, 0.1) is 29.4 Å². The molecule has 1 aromatic carbocycles. The molecule has 0 spiro atoms. The van der Waals surface area contributed by atoms with Crippen molar-refractivity contribution < 1.29 is 27.5 Å². The summed E-state index contributed by atoms with van der Waals surface area (Å²) < 4.78 is 47.8. The molecule has 0 radical (unpaired) electrons. The molecule has 5 rings (SSSR count). The zero-order valence-electron chi connectivity index (χ0n) is 22.2. The van der Waals surface area contributed by atoms with E-state index in [2.05, 4.69) is 35.6 Å². The third-order valence-corrected chi connectivity index (χ3v) is 7.76. The fourth-order valence-electron chi connectivity index (χ4n) is 4.47. The van der Waals surface area contributed by atoms with Crippen LogP contribution >= 0.6 is 11.3 Å². The Kier molecular flexibility index (Phi) is 8.17. The summed E-state index contributed by atoms with van der Waals surface area (Å²) in [6.07, 6.45) is 1.65. The molecule has 4 aromatic rings. The second kappa shape index (κ2) is 11.8.